The maximum atomic E-state index is 6.06. The molecule has 0 bridgehead atoms. The van der Waals surface area contributed by atoms with Crippen molar-refractivity contribution in [2.45, 2.75) is 12.5 Å². The Kier molecular flexibility index (Phi) is 4.92. The lowest BCUT2D eigenvalue weighted by Gasteiger charge is -2.16. The monoisotopic (exact) mass is 349 g/mol. The SMILES string of the molecule is NC[C@@H]1CN(Cc2ncc(-c3ccccc3)s2)C[C@H]1c1ccccc1. The van der Waals surface area contributed by atoms with Crippen LogP contribution >= 0.6 is 11.3 Å². The van der Waals surface area contributed by atoms with E-state index in [1.807, 2.05) is 12.3 Å². The minimum Gasteiger partial charge on any atom is -0.330 e. The van der Waals surface area contributed by atoms with Crippen LogP contribution in [0.4, 0.5) is 0 Å². The van der Waals surface area contributed by atoms with E-state index in [0.29, 0.717) is 11.8 Å². The molecule has 2 N–H and O–H groups in total. The van der Waals surface area contributed by atoms with Gasteiger partial charge < -0.3 is 5.73 Å². The third-order valence-corrected chi connectivity index (χ3v) is 6.05. The van der Waals surface area contributed by atoms with Crippen molar-refractivity contribution < 1.29 is 0 Å². The molecule has 128 valence electrons. The molecule has 0 saturated carbocycles. The van der Waals surface area contributed by atoms with Crippen molar-refractivity contribution in [3.05, 3.63) is 77.4 Å². The minimum atomic E-state index is 0.524. The van der Waals surface area contributed by atoms with Crippen molar-refractivity contribution in [3.63, 3.8) is 0 Å². The van der Waals surface area contributed by atoms with Crippen LogP contribution in [0.25, 0.3) is 10.4 Å². The molecule has 2 atom stereocenters. The summed E-state index contributed by atoms with van der Waals surface area (Å²) in [5.74, 6) is 1.05. The van der Waals surface area contributed by atoms with Gasteiger partial charge in [-0.1, -0.05) is 60.7 Å². The van der Waals surface area contributed by atoms with Gasteiger partial charge in [-0.05, 0) is 23.6 Å². The van der Waals surface area contributed by atoms with Gasteiger partial charge in [0.15, 0.2) is 0 Å². The summed E-state index contributed by atoms with van der Waals surface area (Å²) in [6.07, 6.45) is 2.00. The first kappa shape index (κ1) is 16.5. The molecule has 3 aromatic rings. The smallest absolute Gasteiger partial charge is 0.107 e. The Bertz CT molecular complexity index is 800. The lowest BCUT2D eigenvalue weighted by atomic mass is 9.89. The van der Waals surface area contributed by atoms with Crippen molar-refractivity contribution in [1.29, 1.82) is 0 Å². The maximum absolute atomic E-state index is 6.06. The quantitative estimate of drug-likeness (QED) is 0.757. The Morgan fingerprint density at radius 1 is 1.00 bits per heavy atom. The van der Waals surface area contributed by atoms with Crippen LogP contribution in [-0.2, 0) is 6.54 Å². The molecule has 4 rings (SSSR count). The largest absolute Gasteiger partial charge is 0.330 e. The van der Waals surface area contributed by atoms with Crippen LogP contribution in [0.3, 0.4) is 0 Å². The highest BCUT2D eigenvalue weighted by Crippen LogP contribution is 2.34. The van der Waals surface area contributed by atoms with Crippen molar-refractivity contribution in [3.8, 4) is 10.4 Å². The van der Waals surface area contributed by atoms with Gasteiger partial charge in [0, 0.05) is 25.2 Å². The normalized spacial score (nSPS) is 20.8. The fourth-order valence-corrected chi connectivity index (χ4v) is 4.68. The third kappa shape index (κ3) is 3.66. The summed E-state index contributed by atoms with van der Waals surface area (Å²) in [4.78, 5) is 8.39. The number of benzene rings is 2. The first-order valence-electron chi connectivity index (χ1n) is 8.81. The summed E-state index contributed by atoms with van der Waals surface area (Å²) in [7, 11) is 0. The second-order valence-electron chi connectivity index (χ2n) is 6.69. The Morgan fingerprint density at radius 3 is 2.44 bits per heavy atom. The summed E-state index contributed by atoms with van der Waals surface area (Å²) < 4.78 is 0. The highest BCUT2D eigenvalue weighted by Gasteiger charge is 2.33. The highest BCUT2D eigenvalue weighted by molar-refractivity contribution is 7.15. The zero-order valence-electron chi connectivity index (χ0n) is 14.2. The van der Waals surface area contributed by atoms with Crippen molar-refractivity contribution in [2.24, 2.45) is 11.7 Å². The Balaban J connectivity index is 1.46. The van der Waals surface area contributed by atoms with Gasteiger partial charge in [0.2, 0.25) is 0 Å². The Morgan fingerprint density at radius 2 is 1.72 bits per heavy atom. The zero-order valence-corrected chi connectivity index (χ0v) is 15.0. The average molecular weight is 350 g/mol. The molecule has 4 heteroatoms. The van der Waals surface area contributed by atoms with E-state index in [2.05, 4.69) is 64.5 Å². The van der Waals surface area contributed by atoms with Gasteiger partial charge in [-0.3, -0.25) is 4.90 Å². The van der Waals surface area contributed by atoms with Gasteiger partial charge in [0.1, 0.15) is 5.01 Å². The van der Waals surface area contributed by atoms with Crippen LogP contribution in [0.2, 0.25) is 0 Å². The average Bonchev–Trinajstić information content (AvgIpc) is 3.30. The van der Waals surface area contributed by atoms with Crippen molar-refractivity contribution >= 4 is 11.3 Å². The van der Waals surface area contributed by atoms with Crippen LogP contribution in [0, 0.1) is 5.92 Å². The van der Waals surface area contributed by atoms with Gasteiger partial charge in [0.05, 0.1) is 11.4 Å². The molecule has 3 nitrogen and oxygen atoms in total. The number of hydrogen-bond acceptors (Lipinski definition) is 4. The van der Waals surface area contributed by atoms with Crippen LogP contribution < -0.4 is 5.73 Å². The standard InChI is InChI=1S/C21H23N3S/c22-11-18-13-24(14-19(18)16-7-3-1-4-8-16)15-21-23-12-20(25-21)17-9-5-2-6-10-17/h1-10,12,18-19H,11,13-15,22H2/t18-,19+/m1/s1. The van der Waals surface area contributed by atoms with Gasteiger partial charge in [0.25, 0.3) is 0 Å². The molecule has 2 heterocycles. The molecule has 1 fully saturated rings. The van der Waals surface area contributed by atoms with E-state index in [0.717, 1.165) is 26.2 Å². The molecule has 0 aliphatic carbocycles. The van der Waals surface area contributed by atoms with Crippen molar-refractivity contribution in [2.75, 3.05) is 19.6 Å². The van der Waals surface area contributed by atoms with Crippen LogP contribution in [-0.4, -0.2) is 29.5 Å². The molecule has 1 aliphatic heterocycles. The summed E-state index contributed by atoms with van der Waals surface area (Å²) in [5.41, 5.74) is 8.71. The first-order valence-corrected chi connectivity index (χ1v) is 9.62. The van der Waals surface area contributed by atoms with Gasteiger partial charge in [-0.15, -0.1) is 11.3 Å². The van der Waals surface area contributed by atoms with Crippen LogP contribution in [0.15, 0.2) is 66.9 Å². The second-order valence-corrected chi connectivity index (χ2v) is 7.81. The first-order chi connectivity index (χ1) is 12.3. The molecular weight excluding hydrogens is 326 g/mol. The second kappa shape index (κ2) is 7.48. The highest BCUT2D eigenvalue weighted by atomic mass is 32.1. The summed E-state index contributed by atoms with van der Waals surface area (Å²) in [6, 6.07) is 21.3. The topological polar surface area (TPSA) is 42.1 Å². The third-order valence-electron chi connectivity index (χ3n) is 5.02. The number of aromatic nitrogens is 1. The fourth-order valence-electron chi connectivity index (χ4n) is 3.72. The van der Waals surface area contributed by atoms with Crippen molar-refractivity contribution in [1.82, 2.24) is 9.88 Å². The molecule has 1 aliphatic rings. The fraction of sp³-hybridized carbons (Fsp3) is 0.286. The van der Waals surface area contributed by atoms with E-state index in [1.54, 1.807) is 11.3 Å². The molecule has 1 saturated heterocycles. The summed E-state index contributed by atoms with van der Waals surface area (Å²) in [5, 5.41) is 1.18. The predicted octanol–water partition coefficient (Wildman–Crippen LogP) is 3.98. The molecule has 25 heavy (non-hydrogen) atoms. The van der Waals surface area contributed by atoms with Gasteiger partial charge >= 0.3 is 0 Å². The van der Waals surface area contributed by atoms with E-state index >= 15 is 0 Å². The summed E-state index contributed by atoms with van der Waals surface area (Å²) in [6.45, 7) is 3.77. The molecule has 0 spiro atoms. The van der Waals surface area contributed by atoms with Gasteiger partial charge in [-0.25, -0.2) is 4.98 Å². The lowest BCUT2D eigenvalue weighted by Crippen LogP contribution is -2.23. The van der Waals surface area contributed by atoms with E-state index in [1.165, 1.54) is 21.0 Å². The molecule has 1 aromatic heterocycles. The predicted molar refractivity (Wildman–Crippen MR) is 105 cm³/mol. The molecule has 0 radical (unpaired) electrons. The number of nitrogens with zero attached hydrogens (tertiary/aromatic N) is 2. The van der Waals surface area contributed by atoms with Gasteiger partial charge in [-0.2, -0.15) is 0 Å². The number of thiazole rings is 1. The number of rotatable bonds is 5. The van der Waals surface area contributed by atoms with E-state index in [-0.39, 0.29) is 0 Å². The number of hydrogen-bond donors (Lipinski definition) is 1. The molecule has 2 aromatic carbocycles. The van der Waals surface area contributed by atoms with E-state index in [9.17, 15) is 0 Å². The Labute approximate surface area is 153 Å². The van der Waals surface area contributed by atoms with E-state index in [4.69, 9.17) is 5.73 Å². The molecular formula is C21H23N3S. The molecule has 0 unspecified atom stereocenters. The lowest BCUT2D eigenvalue weighted by molar-refractivity contribution is 0.316. The zero-order chi connectivity index (χ0) is 17.1. The maximum Gasteiger partial charge on any atom is 0.107 e. The number of likely N-dealkylation sites (tertiary alicyclic amines) is 1. The number of nitrogens with two attached hydrogens (primary N) is 1. The minimum absolute atomic E-state index is 0.524. The Hall–Kier alpha value is -2.01. The van der Waals surface area contributed by atoms with Crippen LogP contribution in [0.5, 0.6) is 0 Å². The molecule has 0 amide bonds. The van der Waals surface area contributed by atoms with Crippen LogP contribution in [0.1, 0.15) is 16.5 Å². The summed E-state index contributed by atoms with van der Waals surface area (Å²) >= 11 is 1.79. The van der Waals surface area contributed by atoms with E-state index < -0.39 is 0 Å².